The predicted octanol–water partition coefficient (Wildman–Crippen LogP) is 1.15. The summed E-state index contributed by atoms with van der Waals surface area (Å²) in [7, 11) is 0. The Hall–Kier alpha value is -0.220. The third kappa shape index (κ3) is 4.00. The maximum Gasteiger partial charge on any atom is 0.303 e. The summed E-state index contributed by atoms with van der Waals surface area (Å²) >= 11 is 1.87. The molecule has 0 radical (unpaired) electrons. The number of thioether (sulfide) groups is 1. The number of hydrogen-bond acceptors (Lipinski definition) is 3. The van der Waals surface area contributed by atoms with Crippen LogP contribution >= 0.6 is 11.8 Å². The minimum Gasteiger partial charge on any atom is -0.481 e. The van der Waals surface area contributed by atoms with Crippen molar-refractivity contribution in [2.45, 2.75) is 12.8 Å². The monoisotopic (exact) mass is 203 g/mol. The van der Waals surface area contributed by atoms with Crippen LogP contribution in [0.2, 0.25) is 0 Å². The highest BCUT2D eigenvalue weighted by molar-refractivity contribution is 7.98. The second kappa shape index (κ2) is 5.50. The van der Waals surface area contributed by atoms with Gasteiger partial charge in [-0.3, -0.25) is 4.79 Å². The molecule has 13 heavy (non-hydrogen) atoms. The molecule has 0 saturated carbocycles. The first-order valence-electron chi connectivity index (χ1n) is 4.65. The van der Waals surface area contributed by atoms with Gasteiger partial charge in [-0.15, -0.1) is 0 Å². The van der Waals surface area contributed by atoms with Crippen molar-refractivity contribution in [1.82, 2.24) is 4.90 Å². The van der Waals surface area contributed by atoms with E-state index in [0.717, 1.165) is 19.6 Å². The van der Waals surface area contributed by atoms with Crippen LogP contribution in [0, 0.1) is 5.92 Å². The molecule has 0 spiro atoms. The number of carboxylic acid groups (broad SMARTS) is 1. The number of carboxylic acids is 1. The van der Waals surface area contributed by atoms with Gasteiger partial charge < -0.3 is 10.0 Å². The average Bonchev–Trinajstić information content (AvgIpc) is 1.99. The number of likely N-dealkylation sites (tertiary alicyclic amines) is 1. The van der Waals surface area contributed by atoms with Crippen LogP contribution in [0.4, 0.5) is 0 Å². The third-order valence-electron chi connectivity index (χ3n) is 2.32. The molecule has 3 nitrogen and oxygen atoms in total. The molecule has 0 aromatic heterocycles. The fourth-order valence-corrected chi connectivity index (χ4v) is 2.09. The Bertz CT molecular complexity index is 169. The van der Waals surface area contributed by atoms with Gasteiger partial charge >= 0.3 is 5.97 Å². The zero-order valence-corrected chi connectivity index (χ0v) is 8.85. The maximum atomic E-state index is 10.3. The highest BCUT2D eigenvalue weighted by Crippen LogP contribution is 2.19. The predicted molar refractivity (Wildman–Crippen MR) is 55.2 cm³/mol. The summed E-state index contributed by atoms with van der Waals surface area (Å²) in [6.45, 7) is 3.11. The van der Waals surface area contributed by atoms with Crippen LogP contribution < -0.4 is 0 Å². The summed E-state index contributed by atoms with van der Waals surface area (Å²) in [6, 6.07) is 0. The van der Waals surface area contributed by atoms with Gasteiger partial charge in [0.25, 0.3) is 0 Å². The molecule has 1 heterocycles. The summed E-state index contributed by atoms with van der Waals surface area (Å²) in [6.07, 6.45) is 3.68. The summed E-state index contributed by atoms with van der Waals surface area (Å²) in [4.78, 5) is 12.7. The SMILES string of the molecule is CSCCCN1CC(CC(=O)O)C1. The Morgan fingerprint density at radius 1 is 1.62 bits per heavy atom. The molecule has 1 aliphatic rings. The zero-order valence-electron chi connectivity index (χ0n) is 8.03. The van der Waals surface area contributed by atoms with Gasteiger partial charge in [-0.2, -0.15) is 11.8 Å². The van der Waals surface area contributed by atoms with Crippen molar-refractivity contribution in [3.8, 4) is 0 Å². The number of hydrogen-bond donors (Lipinski definition) is 1. The minimum absolute atomic E-state index is 0.346. The van der Waals surface area contributed by atoms with Crippen LogP contribution in [0.15, 0.2) is 0 Å². The second-order valence-electron chi connectivity index (χ2n) is 3.57. The Balaban J connectivity index is 1.95. The van der Waals surface area contributed by atoms with Crippen molar-refractivity contribution in [3.05, 3.63) is 0 Å². The van der Waals surface area contributed by atoms with Crippen LogP contribution in [0.5, 0.6) is 0 Å². The molecule has 1 aliphatic heterocycles. The molecule has 0 aromatic rings. The van der Waals surface area contributed by atoms with Gasteiger partial charge in [-0.05, 0) is 30.9 Å². The largest absolute Gasteiger partial charge is 0.481 e. The van der Waals surface area contributed by atoms with Crippen molar-refractivity contribution in [2.24, 2.45) is 5.92 Å². The molecule has 0 unspecified atom stereocenters. The molecule has 4 heteroatoms. The lowest BCUT2D eigenvalue weighted by Crippen LogP contribution is -2.47. The molecule has 76 valence electrons. The number of aliphatic carboxylic acids is 1. The average molecular weight is 203 g/mol. The van der Waals surface area contributed by atoms with Gasteiger partial charge in [0.2, 0.25) is 0 Å². The van der Waals surface area contributed by atoms with Crippen molar-refractivity contribution in [2.75, 3.05) is 31.6 Å². The van der Waals surface area contributed by atoms with E-state index in [9.17, 15) is 4.79 Å². The fourth-order valence-electron chi connectivity index (χ4n) is 1.67. The highest BCUT2D eigenvalue weighted by atomic mass is 32.2. The first-order valence-corrected chi connectivity index (χ1v) is 6.05. The molecule has 0 aliphatic carbocycles. The molecule has 1 fully saturated rings. The van der Waals surface area contributed by atoms with E-state index in [1.807, 2.05) is 11.8 Å². The first-order chi connectivity index (χ1) is 6.22. The summed E-state index contributed by atoms with van der Waals surface area (Å²) < 4.78 is 0. The van der Waals surface area contributed by atoms with Gasteiger partial charge in [0.05, 0.1) is 6.42 Å². The van der Waals surface area contributed by atoms with Crippen LogP contribution in [0.1, 0.15) is 12.8 Å². The summed E-state index contributed by atoms with van der Waals surface area (Å²) in [5.41, 5.74) is 0. The maximum absolute atomic E-state index is 10.3. The van der Waals surface area contributed by atoms with E-state index in [2.05, 4.69) is 11.2 Å². The summed E-state index contributed by atoms with van der Waals surface area (Å²) in [5.74, 6) is 0.959. The highest BCUT2D eigenvalue weighted by Gasteiger charge is 2.27. The molecule has 0 atom stereocenters. The molecular formula is C9H17NO2S. The first kappa shape index (κ1) is 10.9. The van der Waals surface area contributed by atoms with E-state index in [4.69, 9.17) is 5.11 Å². The fraction of sp³-hybridized carbons (Fsp3) is 0.889. The number of rotatable bonds is 6. The molecule has 0 amide bonds. The van der Waals surface area contributed by atoms with Gasteiger partial charge in [0.15, 0.2) is 0 Å². The number of carbonyl (C=O) groups is 1. The Labute approximate surface area is 83.5 Å². The lowest BCUT2D eigenvalue weighted by Gasteiger charge is -2.38. The lowest BCUT2D eigenvalue weighted by molar-refractivity contribution is -0.139. The standard InChI is InChI=1S/C9H17NO2S/c1-13-4-2-3-10-6-8(7-10)5-9(11)12/h8H,2-7H2,1H3,(H,11,12). The van der Waals surface area contributed by atoms with Crippen LogP contribution in [0.3, 0.4) is 0 Å². The molecule has 0 bridgehead atoms. The Morgan fingerprint density at radius 3 is 2.85 bits per heavy atom. The Kier molecular flexibility index (Phi) is 4.59. The third-order valence-corrected chi connectivity index (χ3v) is 3.02. The van der Waals surface area contributed by atoms with E-state index in [1.165, 1.54) is 12.2 Å². The Morgan fingerprint density at radius 2 is 2.31 bits per heavy atom. The van der Waals surface area contributed by atoms with Crippen LogP contribution in [-0.4, -0.2) is 47.6 Å². The summed E-state index contributed by atoms with van der Waals surface area (Å²) in [5, 5.41) is 8.53. The van der Waals surface area contributed by atoms with Gasteiger partial charge in [-0.1, -0.05) is 0 Å². The lowest BCUT2D eigenvalue weighted by atomic mass is 9.96. The molecule has 0 aromatic carbocycles. The number of nitrogens with zero attached hydrogens (tertiary/aromatic N) is 1. The topological polar surface area (TPSA) is 40.5 Å². The smallest absolute Gasteiger partial charge is 0.303 e. The van der Waals surface area contributed by atoms with Crippen LogP contribution in [-0.2, 0) is 4.79 Å². The van der Waals surface area contributed by atoms with E-state index in [-0.39, 0.29) is 0 Å². The normalized spacial score (nSPS) is 18.5. The van der Waals surface area contributed by atoms with Gasteiger partial charge in [0, 0.05) is 13.1 Å². The molecule has 1 saturated heterocycles. The van der Waals surface area contributed by atoms with Gasteiger partial charge in [-0.25, -0.2) is 0 Å². The van der Waals surface area contributed by atoms with E-state index < -0.39 is 5.97 Å². The zero-order chi connectivity index (χ0) is 9.68. The quantitative estimate of drug-likeness (QED) is 0.657. The second-order valence-corrected chi connectivity index (χ2v) is 4.56. The van der Waals surface area contributed by atoms with Crippen molar-refractivity contribution >= 4 is 17.7 Å². The van der Waals surface area contributed by atoms with E-state index in [0.29, 0.717) is 12.3 Å². The van der Waals surface area contributed by atoms with Crippen LogP contribution in [0.25, 0.3) is 0 Å². The van der Waals surface area contributed by atoms with Crippen molar-refractivity contribution in [3.63, 3.8) is 0 Å². The molecular weight excluding hydrogens is 186 g/mol. The van der Waals surface area contributed by atoms with E-state index in [1.54, 1.807) is 0 Å². The molecule has 1 N–H and O–H groups in total. The van der Waals surface area contributed by atoms with Crippen molar-refractivity contribution < 1.29 is 9.90 Å². The molecule has 1 rings (SSSR count). The minimum atomic E-state index is -0.659. The van der Waals surface area contributed by atoms with Crippen molar-refractivity contribution in [1.29, 1.82) is 0 Å². The van der Waals surface area contributed by atoms with Gasteiger partial charge in [0.1, 0.15) is 0 Å². The van der Waals surface area contributed by atoms with E-state index >= 15 is 0 Å².